The minimum absolute atomic E-state index is 0.0573. The van der Waals surface area contributed by atoms with Crippen LogP contribution in [0.25, 0.3) is 0 Å². The zero-order chi connectivity index (χ0) is 15.4. The van der Waals surface area contributed by atoms with E-state index in [0.29, 0.717) is 12.6 Å². The van der Waals surface area contributed by atoms with Crippen molar-refractivity contribution in [2.24, 2.45) is 0 Å². The maximum absolute atomic E-state index is 6.48. The summed E-state index contributed by atoms with van der Waals surface area (Å²) in [5, 5.41) is 3.76. The molecule has 0 bridgehead atoms. The molecule has 1 aliphatic carbocycles. The van der Waals surface area contributed by atoms with E-state index >= 15 is 0 Å². The minimum atomic E-state index is 0.0573. The average Bonchev–Trinajstić information content (AvgIpc) is 2.95. The SMILES string of the molecule is CCCCNC1CC2(CCCC2)Oc2cc(OCC)ccc21. The van der Waals surface area contributed by atoms with Gasteiger partial charge in [-0.25, -0.2) is 0 Å². The van der Waals surface area contributed by atoms with Crippen LogP contribution in [0.2, 0.25) is 0 Å². The predicted octanol–water partition coefficient (Wildman–Crippen LogP) is 4.61. The highest BCUT2D eigenvalue weighted by Crippen LogP contribution is 2.47. The van der Waals surface area contributed by atoms with Gasteiger partial charge in [0.15, 0.2) is 0 Å². The van der Waals surface area contributed by atoms with Crippen LogP contribution in [-0.4, -0.2) is 18.8 Å². The van der Waals surface area contributed by atoms with Crippen LogP contribution in [0.15, 0.2) is 18.2 Å². The molecule has 122 valence electrons. The largest absolute Gasteiger partial charge is 0.494 e. The van der Waals surface area contributed by atoms with Crippen LogP contribution in [0.1, 0.15) is 70.4 Å². The van der Waals surface area contributed by atoms with Crippen molar-refractivity contribution in [2.75, 3.05) is 13.2 Å². The van der Waals surface area contributed by atoms with Crippen molar-refractivity contribution in [3.05, 3.63) is 23.8 Å². The second kappa shape index (κ2) is 6.91. The standard InChI is InChI=1S/C19H29NO2/c1-3-5-12-20-17-14-19(10-6-7-11-19)22-18-13-15(21-4-2)8-9-16(17)18/h8-9,13,17,20H,3-7,10-12,14H2,1-2H3. The molecule has 2 aliphatic rings. The number of hydrogen-bond acceptors (Lipinski definition) is 3. The van der Waals surface area contributed by atoms with Gasteiger partial charge in [-0.2, -0.15) is 0 Å². The molecule has 1 aromatic rings. The molecule has 22 heavy (non-hydrogen) atoms. The topological polar surface area (TPSA) is 30.5 Å². The number of rotatable bonds is 6. The van der Waals surface area contributed by atoms with Gasteiger partial charge in [0.25, 0.3) is 0 Å². The maximum atomic E-state index is 6.48. The molecule has 1 spiro atoms. The van der Waals surface area contributed by atoms with Gasteiger partial charge >= 0.3 is 0 Å². The van der Waals surface area contributed by atoms with Crippen molar-refractivity contribution in [3.63, 3.8) is 0 Å². The van der Waals surface area contributed by atoms with Crippen molar-refractivity contribution in [1.29, 1.82) is 0 Å². The Labute approximate surface area is 134 Å². The highest BCUT2D eigenvalue weighted by Gasteiger charge is 2.42. The van der Waals surface area contributed by atoms with Crippen molar-refractivity contribution >= 4 is 0 Å². The normalized spacial score (nSPS) is 22.4. The second-order valence-electron chi connectivity index (χ2n) is 6.69. The van der Waals surface area contributed by atoms with Crippen LogP contribution >= 0.6 is 0 Å². The van der Waals surface area contributed by atoms with E-state index in [1.807, 2.05) is 6.92 Å². The van der Waals surface area contributed by atoms with Gasteiger partial charge in [-0.05, 0) is 51.6 Å². The number of nitrogens with one attached hydrogen (secondary N) is 1. The summed E-state index contributed by atoms with van der Waals surface area (Å²) in [4.78, 5) is 0. The van der Waals surface area contributed by atoms with Crippen LogP contribution in [0.4, 0.5) is 0 Å². The van der Waals surface area contributed by atoms with Gasteiger partial charge in [-0.3, -0.25) is 0 Å². The van der Waals surface area contributed by atoms with E-state index in [0.717, 1.165) is 24.5 Å². The Morgan fingerprint density at radius 3 is 2.82 bits per heavy atom. The monoisotopic (exact) mass is 303 g/mol. The fraction of sp³-hybridized carbons (Fsp3) is 0.684. The molecule has 1 N–H and O–H groups in total. The number of unbranched alkanes of at least 4 members (excludes halogenated alkanes) is 1. The summed E-state index contributed by atoms with van der Waals surface area (Å²) in [6, 6.07) is 6.77. The average molecular weight is 303 g/mol. The van der Waals surface area contributed by atoms with Gasteiger partial charge in [0.1, 0.15) is 17.1 Å². The fourth-order valence-corrected chi connectivity index (χ4v) is 3.87. The molecule has 3 heteroatoms. The molecule has 0 radical (unpaired) electrons. The van der Waals surface area contributed by atoms with Crippen LogP contribution in [-0.2, 0) is 0 Å². The third-order valence-electron chi connectivity index (χ3n) is 5.01. The molecule has 0 aromatic heterocycles. The third kappa shape index (κ3) is 3.24. The molecule has 1 aliphatic heterocycles. The molecule has 3 rings (SSSR count). The molecule has 0 saturated heterocycles. The lowest BCUT2D eigenvalue weighted by Gasteiger charge is -2.40. The van der Waals surface area contributed by atoms with Gasteiger partial charge in [0, 0.05) is 24.1 Å². The van der Waals surface area contributed by atoms with E-state index in [9.17, 15) is 0 Å². The molecule has 1 heterocycles. The van der Waals surface area contributed by atoms with Crippen molar-refractivity contribution in [3.8, 4) is 11.5 Å². The molecular formula is C19H29NO2. The van der Waals surface area contributed by atoms with Gasteiger partial charge in [-0.1, -0.05) is 19.4 Å². The lowest BCUT2D eigenvalue weighted by molar-refractivity contribution is 0.0364. The maximum Gasteiger partial charge on any atom is 0.128 e. The quantitative estimate of drug-likeness (QED) is 0.778. The summed E-state index contributed by atoms with van der Waals surface area (Å²) >= 11 is 0. The zero-order valence-electron chi connectivity index (χ0n) is 14.0. The summed E-state index contributed by atoms with van der Waals surface area (Å²) in [5.41, 5.74) is 1.36. The Balaban J connectivity index is 1.84. The number of fused-ring (bicyclic) bond motifs is 1. The van der Waals surface area contributed by atoms with Crippen LogP contribution in [0.5, 0.6) is 11.5 Å². The third-order valence-corrected chi connectivity index (χ3v) is 5.01. The van der Waals surface area contributed by atoms with E-state index in [4.69, 9.17) is 9.47 Å². The summed E-state index contributed by atoms with van der Waals surface area (Å²) < 4.78 is 12.1. The fourth-order valence-electron chi connectivity index (χ4n) is 3.87. The minimum Gasteiger partial charge on any atom is -0.494 e. The Kier molecular flexibility index (Phi) is 4.92. The Bertz CT molecular complexity index is 494. The van der Waals surface area contributed by atoms with Crippen molar-refractivity contribution in [2.45, 2.75) is 70.4 Å². The first kappa shape index (κ1) is 15.7. The van der Waals surface area contributed by atoms with E-state index in [2.05, 4.69) is 30.4 Å². The first-order valence-electron chi connectivity index (χ1n) is 8.95. The molecule has 1 atom stereocenters. The van der Waals surface area contributed by atoms with E-state index in [1.54, 1.807) is 0 Å². The first-order chi connectivity index (χ1) is 10.8. The molecular weight excluding hydrogens is 274 g/mol. The highest BCUT2D eigenvalue weighted by atomic mass is 16.5. The van der Waals surface area contributed by atoms with E-state index < -0.39 is 0 Å². The lowest BCUT2D eigenvalue weighted by Crippen LogP contribution is -2.42. The first-order valence-corrected chi connectivity index (χ1v) is 8.95. The number of ether oxygens (including phenoxy) is 2. The Hall–Kier alpha value is -1.22. The van der Waals surface area contributed by atoms with E-state index in [1.165, 1.54) is 44.1 Å². The highest BCUT2D eigenvalue weighted by molar-refractivity contribution is 5.44. The lowest BCUT2D eigenvalue weighted by atomic mass is 9.86. The van der Waals surface area contributed by atoms with E-state index in [-0.39, 0.29) is 5.60 Å². The second-order valence-corrected chi connectivity index (χ2v) is 6.69. The Morgan fingerprint density at radius 2 is 2.09 bits per heavy atom. The van der Waals surface area contributed by atoms with Crippen molar-refractivity contribution < 1.29 is 9.47 Å². The van der Waals surface area contributed by atoms with Gasteiger partial charge in [0.05, 0.1) is 6.61 Å². The van der Waals surface area contributed by atoms with Gasteiger partial charge < -0.3 is 14.8 Å². The van der Waals surface area contributed by atoms with Crippen molar-refractivity contribution in [1.82, 2.24) is 5.32 Å². The molecule has 1 saturated carbocycles. The van der Waals surface area contributed by atoms with Crippen LogP contribution < -0.4 is 14.8 Å². The molecule has 1 fully saturated rings. The molecule has 0 amide bonds. The van der Waals surface area contributed by atoms with Gasteiger partial charge in [0.2, 0.25) is 0 Å². The number of hydrogen-bond donors (Lipinski definition) is 1. The number of benzene rings is 1. The smallest absolute Gasteiger partial charge is 0.128 e. The Morgan fingerprint density at radius 1 is 1.27 bits per heavy atom. The summed E-state index contributed by atoms with van der Waals surface area (Å²) in [7, 11) is 0. The molecule has 3 nitrogen and oxygen atoms in total. The molecule has 1 aromatic carbocycles. The molecule has 1 unspecified atom stereocenters. The van der Waals surface area contributed by atoms with Crippen LogP contribution in [0, 0.1) is 0 Å². The summed E-state index contributed by atoms with van der Waals surface area (Å²) in [6.07, 6.45) is 8.55. The zero-order valence-corrected chi connectivity index (χ0v) is 14.0. The summed E-state index contributed by atoms with van der Waals surface area (Å²) in [5.74, 6) is 1.96. The van der Waals surface area contributed by atoms with Gasteiger partial charge in [-0.15, -0.1) is 0 Å². The van der Waals surface area contributed by atoms with Crippen LogP contribution in [0.3, 0.4) is 0 Å². The summed E-state index contributed by atoms with van der Waals surface area (Å²) in [6.45, 7) is 6.05. The predicted molar refractivity (Wildman–Crippen MR) is 89.7 cm³/mol.